The summed E-state index contributed by atoms with van der Waals surface area (Å²) in [7, 11) is 0. The van der Waals surface area contributed by atoms with E-state index in [1.54, 1.807) is 0 Å². The highest BCUT2D eigenvalue weighted by molar-refractivity contribution is 5.96. The second kappa shape index (κ2) is 29.6. The number of ether oxygens (including phenoxy) is 3. The Kier molecular flexibility index (Phi) is 24.4. The number of amides is 3. The molecule has 0 saturated carbocycles. The molecule has 0 aromatic carbocycles. The van der Waals surface area contributed by atoms with Gasteiger partial charge in [-0.15, -0.1) is 0 Å². The van der Waals surface area contributed by atoms with Crippen LogP contribution >= 0.6 is 0 Å². The van der Waals surface area contributed by atoms with Crippen LogP contribution in [0.2, 0.25) is 0 Å². The van der Waals surface area contributed by atoms with Gasteiger partial charge in [-0.25, -0.2) is 0 Å². The minimum atomic E-state index is -1.64. The molecule has 6 N–H and O–H groups in total. The maximum absolute atomic E-state index is 13.6. The van der Waals surface area contributed by atoms with E-state index in [9.17, 15) is 54.2 Å². The molecule has 0 fully saturated rings. The van der Waals surface area contributed by atoms with Crippen molar-refractivity contribution >= 4 is 17.7 Å². The Balaban J connectivity index is 1.86. The Labute approximate surface area is 389 Å². The highest BCUT2D eigenvalue weighted by atomic mass is 16.6. The van der Waals surface area contributed by atoms with Crippen molar-refractivity contribution in [2.75, 3.05) is 59.3 Å². The number of pyridine rings is 3. The molecular formula is C46H69N7O14. The monoisotopic (exact) mass is 943 g/mol. The quantitative estimate of drug-likeness (QED) is 0.0285. The van der Waals surface area contributed by atoms with Crippen LogP contribution in [-0.4, -0.2) is 116 Å². The molecule has 0 spiro atoms. The van der Waals surface area contributed by atoms with Crippen LogP contribution in [0.4, 0.5) is 0 Å². The summed E-state index contributed by atoms with van der Waals surface area (Å²) in [6, 6.07) is 3.73. The van der Waals surface area contributed by atoms with E-state index in [4.69, 9.17) is 14.2 Å². The molecule has 3 aromatic heterocycles. The summed E-state index contributed by atoms with van der Waals surface area (Å²) < 4.78 is 21.4. The lowest BCUT2D eigenvalue weighted by atomic mass is 9.84. The number of hydrogen-bond donors (Lipinski definition) is 6. The van der Waals surface area contributed by atoms with Crippen LogP contribution < -0.4 is 46.4 Å². The summed E-state index contributed by atoms with van der Waals surface area (Å²) >= 11 is 0. The Morgan fingerprint density at radius 1 is 0.552 bits per heavy atom. The van der Waals surface area contributed by atoms with Gasteiger partial charge in [-0.05, 0) is 38.5 Å². The zero-order valence-electron chi connectivity index (χ0n) is 39.1. The molecule has 0 atom stereocenters. The number of carbonyl (C=O) groups excluding carboxylic acids is 3. The zero-order chi connectivity index (χ0) is 49.2. The fraction of sp³-hybridized carbons (Fsp3) is 0.609. The van der Waals surface area contributed by atoms with Gasteiger partial charge >= 0.3 is 0 Å². The summed E-state index contributed by atoms with van der Waals surface area (Å²) in [4.78, 5) is 92.1. The summed E-state index contributed by atoms with van der Waals surface area (Å²) in [5.74, 6) is -2.53. The largest absolute Gasteiger partial charge is 0.487 e. The number of unbranched alkanes of at least 4 members (excludes halogenated alkanes) is 3. The molecule has 0 aliphatic heterocycles. The highest BCUT2D eigenvalue weighted by Crippen LogP contribution is 2.29. The van der Waals surface area contributed by atoms with Crippen molar-refractivity contribution in [2.45, 2.75) is 123 Å². The molecule has 0 bridgehead atoms. The number of aliphatic hydroxyl groups is 3. The molecule has 3 heterocycles. The number of hydrogen-bond acceptors (Lipinski definition) is 14. The van der Waals surface area contributed by atoms with Crippen LogP contribution in [0.5, 0.6) is 17.2 Å². The van der Waals surface area contributed by atoms with Gasteiger partial charge in [0, 0.05) is 100 Å². The Morgan fingerprint density at radius 3 is 1.07 bits per heavy atom. The molecule has 3 amide bonds. The molecule has 0 aliphatic carbocycles. The van der Waals surface area contributed by atoms with E-state index in [2.05, 4.69) is 16.0 Å². The Hall–Kier alpha value is -6.06. The van der Waals surface area contributed by atoms with Gasteiger partial charge in [0.1, 0.15) is 0 Å². The molecule has 21 nitrogen and oxygen atoms in total. The highest BCUT2D eigenvalue weighted by Gasteiger charge is 2.41. The van der Waals surface area contributed by atoms with E-state index in [1.165, 1.54) is 50.5 Å². The SMILES string of the molecule is CCCCOc1c(C(=O)NCCCC(CCCNC(=O)c2c(OCCCC)c(=O)ccn2CCO)(CCCNC(=O)c2c(OCCCC)c(=O)ccn2CCO)[N+](=O)[O-])n(CCO)ccc1=O. The molecule has 0 radical (unpaired) electrons. The Bertz CT molecular complexity index is 2000. The molecule has 0 aliphatic rings. The average Bonchev–Trinajstić information content (AvgIpc) is 3.30. The van der Waals surface area contributed by atoms with Gasteiger partial charge in [0.15, 0.2) is 34.3 Å². The van der Waals surface area contributed by atoms with Crippen LogP contribution in [0.25, 0.3) is 0 Å². The third kappa shape index (κ3) is 16.3. The first-order valence-electron chi connectivity index (χ1n) is 23.2. The number of nitrogens with one attached hydrogen (secondary N) is 3. The van der Waals surface area contributed by atoms with E-state index in [0.29, 0.717) is 19.3 Å². The maximum atomic E-state index is 13.6. The summed E-state index contributed by atoms with van der Waals surface area (Å²) in [5, 5.41) is 50.4. The van der Waals surface area contributed by atoms with E-state index in [0.717, 1.165) is 19.3 Å². The van der Waals surface area contributed by atoms with Crippen LogP contribution in [0.1, 0.15) is 129 Å². The standard InChI is InChI=1S/C46H69N7O14/c1-4-7-31-65-40-34(57)13-22-50(25-28-54)37(40)43(60)47-19-10-16-46(53(63)64,17-11-20-48-44(61)38-41(66-32-8-5-2)35(58)14-23-51(38)26-29-55)18-12-21-49-45(62)39-42(67-33-9-6-3)36(59)15-24-52(39)27-30-56/h13-15,22-24,54-56H,4-12,16-21,25-33H2,1-3H3,(H,47,60)(H,48,61)(H,49,62). The number of carbonyl (C=O) groups is 3. The van der Waals surface area contributed by atoms with Gasteiger partial charge in [0.2, 0.25) is 21.8 Å². The third-order valence-corrected chi connectivity index (χ3v) is 11.0. The number of nitro groups is 1. The molecular weight excluding hydrogens is 875 g/mol. The van der Waals surface area contributed by atoms with Gasteiger partial charge in [0.05, 0.1) is 39.6 Å². The van der Waals surface area contributed by atoms with Crippen molar-refractivity contribution in [3.63, 3.8) is 0 Å². The topological polar surface area (TPSA) is 285 Å². The van der Waals surface area contributed by atoms with E-state index >= 15 is 0 Å². The Morgan fingerprint density at radius 2 is 0.836 bits per heavy atom. The minimum Gasteiger partial charge on any atom is -0.487 e. The van der Waals surface area contributed by atoms with Gasteiger partial charge in [-0.2, -0.15) is 0 Å². The molecule has 67 heavy (non-hydrogen) atoms. The molecule has 3 rings (SSSR count). The normalized spacial score (nSPS) is 11.3. The minimum absolute atomic E-state index is 0.00140. The van der Waals surface area contributed by atoms with E-state index < -0.39 is 44.5 Å². The number of aromatic nitrogens is 3. The van der Waals surface area contributed by atoms with Gasteiger partial charge in [-0.3, -0.25) is 38.9 Å². The number of aliphatic hydroxyl groups excluding tert-OH is 3. The van der Waals surface area contributed by atoms with Crippen molar-refractivity contribution < 1.29 is 48.8 Å². The first-order chi connectivity index (χ1) is 32.3. The fourth-order valence-corrected chi connectivity index (χ4v) is 7.38. The maximum Gasteiger partial charge on any atom is 0.271 e. The second-order valence-corrected chi connectivity index (χ2v) is 16.0. The van der Waals surface area contributed by atoms with Gasteiger partial charge < -0.3 is 59.2 Å². The predicted molar refractivity (Wildman–Crippen MR) is 249 cm³/mol. The van der Waals surface area contributed by atoms with Crippen molar-refractivity contribution in [1.29, 1.82) is 0 Å². The first kappa shape index (κ1) is 55.3. The summed E-state index contributed by atoms with van der Waals surface area (Å²) in [6.07, 6.45) is 8.46. The van der Waals surface area contributed by atoms with Crippen molar-refractivity contribution in [3.05, 3.63) is 94.7 Å². The lowest BCUT2D eigenvalue weighted by Crippen LogP contribution is -2.41. The average molecular weight is 944 g/mol. The van der Waals surface area contributed by atoms with E-state index in [-0.39, 0.29) is 152 Å². The van der Waals surface area contributed by atoms with E-state index in [1.807, 2.05) is 20.8 Å². The lowest BCUT2D eigenvalue weighted by molar-refractivity contribution is -0.574. The molecule has 0 unspecified atom stereocenters. The first-order valence-corrected chi connectivity index (χ1v) is 23.2. The molecule has 3 aromatic rings. The second-order valence-electron chi connectivity index (χ2n) is 16.0. The van der Waals surface area contributed by atoms with Crippen LogP contribution in [-0.2, 0) is 19.6 Å². The number of rotatable bonds is 34. The lowest BCUT2D eigenvalue weighted by Gasteiger charge is -2.26. The van der Waals surface area contributed by atoms with Crippen molar-refractivity contribution in [3.8, 4) is 17.2 Å². The molecule has 21 heteroatoms. The zero-order valence-corrected chi connectivity index (χ0v) is 39.1. The third-order valence-electron chi connectivity index (χ3n) is 11.0. The van der Waals surface area contributed by atoms with Gasteiger partial charge in [0.25, 0.3) is 17.7 Å². The summed E-state index contributed by atoms with van der Waals surface area (Å²) in [6.45, 7) is 5.25. The number of nitrogens with zero attached hydrogens (tertiary/aromatic N) is 4. The van der Waals surface area contributed by atoms with Crippen LogP contribution in [0, 0.1) is 10.1 Å². The fourth-order valence-electron chi connectivity index (χ4n) is 7.38. The van der Waals surface area contributed by atoms with Crippen molar-refractivity contribution in [2.24, 2.45) is 0 Å². The van der Waals surface area contributed by atoms with Gasteiger partial charge in [-0.1, -0.05) is 40.0 Å². The van der Waals surface area contributed by atoms with Crippen LogP contribution in [0.3, 0.4) is 0 Å². The summed E-state index contributed by atoms with van der Waals surface area (Å²) in [5.41, 5.74) is -3.46. The molecule has 372 valence electrons. The van der Waals surface area contributed by atoms with Crippen LogP contribution in [0.15, 0.2) is 51.2 Å². The molecule has 0 saturated heterocycles. The smallest absolute Gasteiger partial charge is 0.271 e. The predicted octanol–water partition coefficient (Wildman–Crippen LogP) is 2.63. The van der Waals surface area contributed by atoms with Crippen molar-refractivity contribution in [1.82, 2.24) is 29.7 Å².